The van der Waals surface area contributed by atoms with Gasteiger partial charge in [0, 0.05) is 24.4 Å². The lowest BCUT2D eigenvalue weighted by Crippen LogP contribution is -2.63. The van der Waals surface area contributed by atoms with Gasteiger partial charge in [-0.1, -0.05) is 13.8 Å². The molecule has 0 aromatic carbocycles. The zero-order valence-electron chi connectivity index (χ0n) is 18.7. The summed E-state index contributed by atoms with van der Waals surface area (Å²) in [4.78, 5) is 4.68. The van der Waals surface area contributed by atoms with Gasteiger partial charge in [-0.3, -0.25) is 4.99 Å². The van der Waals surface area contributed by atoms with E-state index in [-0.39, 0.29) is 22.9 Å². The third-order valence-corrected chi connectivity index (χ3v) is 10.4. The molecule has 0 amide bonds. The van der Waals surface area contributed by atoms with Crippen LogP contribution in [0.3, 0.4) is 0 Å². The lowest BCUT2D eigenvalue weighted by Gasteiger charge is -2.63. The molecule has 1 aliphatic heterocycles. The number of nitrogens with two attached hydrogens (primary N) is 1. The van der Waals surface area contributed by atoms with Crippen LogP contribution in [-0.4, -0.2) is 46.6 Å². The highest BCUT2D eigenvalue weighted by molar-refractivity contribution is 6.42. The minimum absolute atomic E-state index is 0.125. The van der Waals surface area contributed by atoms with Crippen LogP contribution in [0.4, 0.5) is 0 Å². The van der Waals surface area contributed by atoms with E-state index in [1.54, 1.807) is 0 Å². The average Bonchev–Trinajstić information content (AvgIpc) is 3.02. The maximum Gasteiger partial charge on any atom is 0.145 e. The second kappa shape index (κ2) is 7.19. The van der Waals surface area contributed by atoms with Crippen molar-refractivity contribution >= 4 is 11.5 Å². The molecule has 30 heavy (non-hydrogen) atoms. The molecule has 0 spiro atoms. The van der Waals surface area contributed by atoms with Gasteiger partial charge in [-0.2, -0.15) is 5.10 Å². The number of hydrogen-bond acceptors (Lipinski definition) is 6. The standard InChI is InChI=1S/C24H40N4O2/c1-22-9-6-16(29)14-15(22)4-5-18-17(22)7-10-23(2)19(8-11-24(18,23)30)20(28-25)21-26-12-3-13-27-21/h15-19,29-30H,3-14,25H2,1-2H3,(H,26,27)/t15?,16?,17-,18-,19?,22+,23-,24-/m1/s1. The molecule has 168 valence electrons. The number of aliphatic hydroxyl groups excluding tert-OH is 1. The Balaban J connectivity index is 1.45. The van der Waals surface area contributed by atoms with E-state index in [4.69, 9.17) is 5.84 Å². The molecule has 0 radical (unpaired) electrons. The number of rotatable bonds is 2. The molecule has 4 fully saturated rings. The van der Waals surface area contributed by atoms with Crippen LogP contribution in [0.25, 0.3) is 0 Å². The Kier molecular flexibility index (Phi) is 4.97. The summed E-state index contributed by atoms with van der Waals surface area (Å²) in [7, 11) is 0. The number of fused-ring (bicyclic) bond motifs is 5. The minimum atomic E-state index is -0.657. The molecule has 0 aromatic rings. The van der Waals surface area contributed by atoms with E-state index in [1.807, 2.05) is 0 Å². The summed E-state index contributed by atoms with van der Waals surface area (Å²) in [6, 6.07) is 0. The van der Waals surface area contributed by atoms with Gasteiger partial charge in [0.05, 0.1) is 11.7 Å². The smallest absolute Gasteiger partial charge is 0.145 e. The monoisotopic (exact) mass is 416 g/mol. The Labute approximate surface area is 180 Å². The fourth-order valence-electron chi connectivity index (χ4n) is 8.66. The van der Waals surface area contributed by atoms with Crippen LogP contribution in [0.1, 0.15) is 78.1 Å². The first-order valence-electron chi connectivity index (χ1n) is 12.3. The molecule has 0 bridgehead atoms. The van der Waals surface area contributed by atoms with Crippen LogP contribution in [0.15, 0.2) is 10.1 Å². The number of hydrogen-bond donors (Lipinski definition) is 4. The minimum Gasteiger partial charge on any atom is -0.393 e. The molecule has 5 N–H and O–H groups in total. The van der Waals surface area contributed by atoms with Gasteiger partial charge >= 0.3 is 0 Å². The number of hydrazone groups is 1. The average molecular weight is 417 g/mol. The number of nitrogens with one attached hydrogen (secondary N) is 1. The molecule has 6 nitrogen and oxygen atoms in total. The normalized spacial score (nSPS) is 51.3. The summed E-state index contributed by atoms with van der Waals surface area (Å²) in [6.45, 7) is 6.51. The lowest BCUT2D eigenvalue weighted by molar-refractivity contribution is -0.206. The Morgan fingerprint density at radius 2 is 1.93 bits per heavy atom. The van der Waals surface area contributed by atoms with E-state index in [0.717, 1.165) is 82.4 Å². The quantitative estimate of drug-likeness (QED) is 0.316. The van der Waals surface area contributed by atoms with Crippen molar-refractivity contribution in [2.75, 3.05) is 13.1 Å². The molecule has 5 aliphatic rings. The first-order valence-corrected chi connectivity index (χ1v) is 12.3. The largest absolute Gasteiger partial charge is 0.393 e. The zero-order valence-corrected chi connectivity index (χ0v) is 18.7. The Bertz CT molecular complexity index is 753. The van der Waals surface area contributed by atoms with Gasteiger partial charge in [-0.15, -0.1) is 0 Å². The van der Waals surface area contributed by atoms with Crippen molar-refractivity contribution in [1.82, 2.24) is 5.32 Å². The summed E-state index contributed by atoms with van der Waals surface area (Å²) in [5.41, 5.74) is 0.283. The van der Waals surface area contributed by atoms with Gasteiger partial charge in [0.2, 0.25) is 0 Å². The SMILES string of the molecule is C[C@]12CCC(O)CC1CC[C@@H]1[C@H]2CC[C@]2(C)C(C(=NN)C3=NCCCN3)CC[C@@]12O. The van der Waals surface area contributed by atoms with Crippen LogP contribution in [0.5, 0.6) is 0 Å². The highest BCUT2D eigenvalue weighted by Crippen LogP contribution is 2.69. The number of nitrogens with zero attached hydrogens (tertiary/aromatic N) is 2. The van der Waals surface area contributed by atoms with Gasteiger partial charge in [0.15, 0.2) is 0 Å². The first kappa shape index (κ1) is 20.7. The number of aliphatic imine (C=N–C) groups is 1. The van der Waals surface area contributed by atoms with Crippen molar-refractivity contribution in [2.24, 2.45) is 50.4 Å². The van der Waals surface area contributed by atoms with Crippen LogP contribution in [-0.2, 0) is 0 Å². The summed E-state index contributed by atoms with van der Waals surface area (Å²) in [5.74, 6) is 8.46. The molecule has 8 atom stereocenters. The fraction of sp³-hybridized carbons (Fsp3) is 0.917. The van der Waals surface area contributed by atoms with Crippen molar-refractivity contribution in [3.05, 3.63) is 0 Å². The summed E-state index contributed by atoms with van der Waals surface area (Å²) < 4.78 is 0. The maximum absolute atomic E-state index is 12.3. The summed E-state index contributed by atoms with van der Waals surface area (Å²) in [6.07, 6.45) is 10.1. The molecular weight excluding hydrogens is 376 g/mol. The molecular formula is C24H40N4O2. The fourth-order valence-corrected chi connectivity index (χ4v) is 8.66. The van der Waals surface area contributed by atoms with Crippen LogP contribution in [0, 0.1) is 34.5 Å². The highest BCUT2D eigenvalue weighted by atomic mass is 16.3. The Morgan fingerprint density at radius 3 is 2.67 bits per heavy atom. The first-order chi connectivity index (χ1) is 14.3. The van der Waals surface area contributed by atoms with E-state index in [0.29, 0.717) is 17.8 Å². The van der Waals surface area contributed by atoms with E-state index >= 15 is 0 Å². The molecule has 4 aliphatic carbocycles. The third-order valence-electron chi connectivity index (χ3n) is 10.4. The molecule has 4 saturated carbocycles. The number of amidine groups is 1. The van der Waals surface area contributed by atoms with E-state index in [9.17, 15) is 10.2 Å². The van der Waals surface area contributed by atoms with Gasteiger partial charge in [0.25, 0.3) is 0 Å². The summed E-state index contributed by atoms with van der Waals surface area (Å²) in [5, 5.41) is 30.2. The lowest BCUT2D eigenvalue weighted by atomic mass is 9.43. The van der Waals surface area contributed by atoms with Gasteiger partial charge in [-0.05, 0) is 87.4 Å². The van der Waals surface area contributed by atoms with E-state index in [1.165, 1.54) is 6.42 Å². The Hall–Kier alpha value is -1.14. The topological polar surface area (TPSA) is 103 Å². The zero-order chi connectivity index (χ0) is 21.1. The second-order valence-corrected chi connectivity index (χ2v) is 11.4. The molecule has 0 aromatic heterocycles. The van der Waals surface area contributed by atoms with Crippen molar-refractivity contribution in [3.63, 3.8) is 0 Å². The molecule has 6 heteroatoms. The van der Waals surface area contributed by atoms with Gasteiger partial charge < -0.3 is 21.4 Å². The maximum atomic E-state index is 12.3. The second-order valence-electron chi connectivity index (χ2n) is 11.4. The van der Waals surface area contributed by atoms with Gasteiger partial charge in [0.1, 0.15) is 11.5 Å². The van der Waals surface area contributed by atoms with Crippen LogP contribution >= 0.6 is 0 Å². The predicted octanol–water partition coefficient (Wildman–Crippen LogP) is 2.83. The molecule has 5 rings (SSSR count). The predicted molar refractivity (Wildman–Crippen MR) is 119 cm³/mol. The molecule has 3 unspecified atom stereocenters. The van der Waals surface area contributed by atoms with Crippen molar-refractivity contribution in [1.29, 1.82) is 0 Å². The molecule has 0 saturated heterocycles. The van der Waals surface area contributed by atoms with E-state index in [2.05, 4.69) is 29.3 Å². The van der Waals surface area contributed by atoms with Gasteiger partial charge in [-0.25, -0.2) is 0 Å². The molecule has 1 heterocycles. The van der Waals surface area contributed by atoms with Crippen molar-refractivity contribution < 1.29 is 10.2 Å². The van der Waals surface area contributed by atoms with Crippen molar-refractivity contribution in [3.8, 4) is 0 Å². The van der Waals surface area contributed by atoms with Crippen LogP contribution < -0.4 is 11.2 Å². The number of aliphatic hydroxyl groups is 2. The third kappa shape index (κ3) is 2.75. The van der Waals surface area contributed by atoms with Crippen LogP contribution in [0.2, 0.25) is 0 Å². The van der Waals surface area contributed by atoms with Crippen molar-refractivity contribution in [2.45, 2.75) is 89.8 Å². The highest BCUT2D eigenvalue weighted by Gasteiger charge is 2.68. The van der Waals surface area contributed by atoms with E-state index < -0.39 is 5.60 Å². The summed E-state index contributed by atoms with van der Waals surface area (Å²) >= 11 is 0. The Morgan fingerprint density at radius 1 is 1.10 bits per heavy atom.